The third-order valence-electron chi connectivity index (χ3n) is 2.54. The zero-order chi connectivity index (χ0) is 10.7. The Hall–Kier alpha value is -1.63. The van der Waals surface area contributed by atoms with E-state index in [2.05, 4.69) is 32.0 Å². The molecule has 0 unspecified atom stereocenters. The van der Waals surface area contributed by atoms with Gasteiger partial charge < -0.3 is 0 Å². The van der Waals surface area contributed by atoms with Gasteiger partial charge in [0.15, 0.2) is 0 Å². The molecular formula is C14H15O+. The van der Waals surface area contributed by atoms with Crippen LogP contribution in [0.5, 0.6) is 0 Å². The molecule has 0 saturated heterocycles. The van der Waals surface area contributed by atoms with E-state index in [1.807, 2.05) is 24.3 Å². The first-order valence-electron chi connectivity index (χ1n) is 5.29. The van der Waals surface area contributed by atoms with Crippen molar-refractivity contribution in [3.8, 4) is 11.3 Å². The van der Waals surface area contributed by atoms with E-state index >= 15 is 0 Å². The molecule has 1 nitrogen and oxygen atoms in total. The lowest BCUT2D eigenvalue weighted by atomic mass is 10.1. The minimum Gasteiger partial charge on any atom is -0.212 e. The van der Waals surface area contributed by atoms with Gasteiger partial charge in [-0.05, 0) is 25.1 Å². The summed E-state index contributed by atoms with van der Waals surface area (Å²) >= 11 is 0. The van der Waals surface area contributed by atoms with E-state index in [-0.39, 0.29) is 0 Å². The lowest BCUT2D eigenvalue weighted by Crippen LogP contribution is -1.87. The fourth-order valence-corrected chi connectivity index (χ4v) is 1.65. The maximum absolute atomic E-state index is 5.84. The topological polar surface area (TPSA) is 11.3 Å². The summed E-state index contributed by atoms with van der Waals surface area (Å²) in [6, 6.07) is 14.3. The van der Waals surface area contributed by atoms with Gasteiger partial charge in [0.1, 0.15) is 0 Å². The summed E-state index contributed by atoms with van der Waals surface area (Å²) in [4.78, 5) is 0. The molecule has 0 radical (unpaired) electrons. The Morgan fingerprint density at radius 2 is 1.73 bits per heavy atom. The normalized spacial score (nSPS) is 10.3. The molecule has 0 fully saturated rings. The van der Waals surface area contributed by atoms with Crippen molar-refractivity contribution in [2.45, 2.75) is 20.3 Å². The highest BCUT2D eigenvalue weighted by atomic mass is 16.3. The van der Waals surface area contributed by atoms with Gasteiger partial charge in [0, 0.05) is 11.6 Å². The fourth-order valence-electron chi connectivity index (χ4n) is 1.65. The summed E-state index contributed by atoms with van der Waals surface area (Å²) in [7, 11) is 0. The minimum absolute atomic E-state index is 0.937. The molecule has 0 atom stereocenters. The van der Waals surface area contributed by atoms with E-state index in [1.54, 1.807) is 0 Å². The van der Waals surface area contributed by atoms with E-state index < -0.39 is 0 Å². The number of rotatable bonds is 2. The van der Waals surface area contributed by atoms with Crippen LogP contribution in [0.2, 0.25) is 0 Å². The van der Waals surface area contributed by atoms with Crippen molar-refractivity contribution >= 4 is 0 Å². The van der Waals surface area contributed by atoms with Gasteiger partial charge in [-0.15, -0.1) is 0 Å². The molecule has 0 amide bonds. The molecule has 1 heterocycles. The third-order valence-corrected chi connectivity index (χ3v) is 2.54. The van der Waals surface area contributed by atoms with Crippen LogP contribution in [-0.2, 0) is 6.42 Å². The predicted molar refractivity (Wildman–Crippen MR) is 62.7 cm³/mol. The molecule has 0 aliphatic heterocycles. The van der Waals surface area contributed by atoms with E-state index in [0.717, 1.165) is 23.5 Å². The third kappa shape index (κ3) is 2.07. The fraction of sp³-hybridized carbons (Fsp3) is 0.214. The molecule has 1 aromatic heterocycles. The predicted octanol–water partition coefficient (Wildman–Crippen LogP) is 4.10. The van der Waals surface area contributed by atoms with Gasteiger partial charge in [0.05, 0.1) is 12.0 Å². The van der Waals surface area contributed by atoms with Crippen LogP contribution in [0.3, 0.4) is 0 Å². The first-order chi connectivity index (χ1) is 7.31. The zero-order valence-electron chi connectivity index (χ0n) is 9.16. The van der Waals surface area contributed by atoms with Gasteiger partial charge in [0.2, 0.25) is 0 Å². The quantitative estimate of drug-likeness (QED) is 0.663. The summed E-state index contributed by atoms with van der Waals surface area (Å²) in [5.41, 5.74) is 2.35. The Morgan fingerprint density at radius 3 is 2.40 bits per heavy atom. The maximum Gasteiger partial charge on any atom is 0.360 e. The Balaban J connectivity index is 2.46. The molecule has 2 rings (SSSR count). The van der Waals surface area contributed by atoms with E-state index in [4.69, 9.17) is 4.42 Å². The van der Waals surface area contributed by atoms with Gasteiger partial charge in [-0.25, -0.2) is 4.42 Å². The van der Waals surface area contributed by atoms with Crippen LogP contribution in [0.1, 0.15) is 18.2 Å². The van der Waals surface area contributed by atoms with Crippen LogP contribution in [0.15, 0.2) is 46.9 Å². The standard InChI is InChI=1S/C14H15O/c1-3-13-11(2)9-10-14(15-13)12-7-5-4-6-8-12/h4-10H,3H2,1-2H3/q+1. The summed E-state index contributed by atoms with van der Waals surface area (Å²) < 4.78 is 5.84. The molecule has 0 bridgehead atoms. The number of hydrogen-bond donors (Lipinski definition) is 0. The van der Waals surface area contributed by atoms with Gasteiger partial charge >= 0.3 is 11.5 Å². The van der Waals surface area contributed by atoms with Crippen molar-refractivity contribution in [2.75, 3.05) is 0 Å². The second-order valence-electron chi connectivity index (χ2n) is 3.63. The number of hydrogen-bond acceptors (Lipinski definition) is 0. The van der Waals surface area contributed by atoms with Crippen LogP contribution in [0.4, 0.5) is 0 Å². The molecule has 0 N–H and O–H groups in total. The molecule has 76 valence electrons. The second-order valence-corrected chi connectivity index (χ2v) is 3.63. The van der Waals surface area contributed by atoms with Crippen LogP contribution < -0.4 is 0 Å². The summed E-state index contributed by atoms with van der Waals surface area (Å²) in [6.07, 6.45) is 0.937. The highest BCUT2D eigenvalue weighted by molar-refractivity contribution is 5.56. The lowest BCUT2D eigenvalue weighted by molar-refractivity contribution is 0.507. The minimum atomic E-state index is 0.937. The summed E-state index contributed by atoms with van der Waals surface area (Å²) in [6.45, 7) is 4.19. The van der Waals surface area contributed by atoms with Crippen molar-refractivity contribution < 1.29 is 4.42 Å². The van der Waals surface area contributed by atoms with Gasteiger partial charge in [0.25, 0.3) is 0 Å². The molecule has 1 aromatic carbocycles. The zero-order valence-corrected chi connectivity index (χ0v) is 9.16. The molecular weight excluding hydrogens is 184 g/mol. The van der Waals surface area contributed by atoms with Crippen molar-refractivity contribution in [3.63, 3.8) is 0 Å². The first kappa shape index (κ1) is 9.91. The second kappa shape index (κ2) is 4.26. The Morgan fingerprint density at radius 1 is 1.00 bits per heavy atom. The SMILES string of the molecule is CCc1[o+]c(-c2ccccc2)ccc1C. The Bertz CT molecular complexity index is 446. The summed E-state index contributed by atoms with van der Waals surface area (Å²) in [5.74, 6) is 2.01. The van der Waals surface area contributed by atoms with Gasteiger partial charge in [-0.2, -0.15) is 0 Å². The lowest BCUT2D eigenvalue weighted by Gasteiger charge is -1.94. The van der Waals surface area contributed by atoms with Crippen LogP contribution >= 0.6 is 0 Å². The van der Waals surface area contributed by atoms with Crippen LogP contribution in [0, 0.1) is 6.92 Å². The maximum atomic E-state index is 5.84. The molecule has 15 heavy (non-hydrogen) atoms. The van der Waals surface area contributed by atoms with Crippen molar-refractivity contribution in [1.82, 2.24) is 0 Å². The van der Waals surface area contributed by atoms with E-state index in [9.17, 15) is 0 Å². The number of aryl methyl sites for hydroxylation is 2. The highest BCUT2D eigenvalue weighted by Crippen LogP contribution is 2.22. The molecule has 2 aromatic rings. The molecule has 0 saturated carbocycles. The average Bonchev–Trinajstić information content (AvgIpc) is 2.31. The Labute approximate surface area is 90.4 Å². The van der Waals surface area contributed by atoms with Gasteiger partial charge in [-0.1, -0.05) is 25.1 Å². The van der Waals surface area contributed by atoms with Crippen LogP contribution in [-0.4, -0.2) is 0 Å². The van der Waals surface area contributed by atoms with Crippen molar-refractivity contribution in [3.05, 3.63) is 53.8 Å². The van der Waals surface area contributed by atoms with E-state index in [0.29, 0.717) is 0 Å². The Kier molecular flexibility index (Phi) is 2.82. The van der Waals surface area contributed by atoms with Crippen molar-refractivity contribution in [1.29, 1.82) is 0 Å². The first-order valence-corrected chi connectivity index (χ1v) is 5.29. The molecule has 0 aliphatic carbocycles. The van der Waals surface area contributed by atoms with Crippen LogP contribution in [0.25, 0.3) is 11.3 Å². The van der Waals surface area contributed by atoms with E-state index in [1.165, 1.54) is 5.56 Å². The van der Waals surface area contributed by atoms with Crippen molar-refractivity contribution in [2.24, 2.45) is 0 Å². The monoisotopic (exact) mass is 199 g/mol. The molecule has 0 aliphatic rings. The largest absolute Gasteiger partial charge is 0.360 e. The smallest absolute Gasteiger partial charge is 0.212 e. The number of benzene rings is 1. The molecule has 1 heteroatoms. The van der Waals surface area contributed by atoms with Gasteiger partial charge in [-0.3, -0.25) is 0 Å². The summed E-state index contributed by atoms with van der Waals surface area (Å²) in [5, 5.41) is 0. The average molecular weight is 199 g/mol. The highest BCUT2D eigenvalue weighted by Gasteiger charge is 2.15. The molecule has 0 spiro atoms.